The van der Waals surface area contributed by atoms with Crippen LogP contribution in [0, 0.1) is 0 Å². The molecule has 16 heavy (non-hydrogen) atoms. The van der Waals surface area contributed by atoms with Crippen LogP contribution in [0.4, 0.5) is 5.82 Å². The number of aromatic nitrogens is 1. The van der Waals surface area contributed by atoms with Gasteiger partial charge in [0, 0.05) is 12.2 Å². The van der Waals surface area contributed by atoms with Crippen molar-refractivity contribution in [3.05, 3.63) is 23.4 Å². The standard InChI is InChI=1S/C13H19ClN2/c1-2-4-11(14)9-15-13-8-7-10-5-3-6-12(10)16-13/h7-8,11H,2-6,9H2,1H3,(H,15,16). The molecule has 0 aromatic carbocycles. The molecule has 0 aliphatic heterocycles. The summed E-state index contributed by atoms with van der Waals surface area (Å²) < 4.78 is 0. The van der Waals surface area contributed by atoms with E-state index in [0.717, 1.165) is 31.6 Å². The summed E-state index contributed by atoms with van der Waals surface area (Å²) in [5.74, 6) is 0.974. The fourth-order valence-electron chi connectivity index (χ4n) is 2.15. The van der Waals surface area contributed by atoms with E-state index < -0.39 is 0 Å². The van der Waals surface area contributed by atoms with Crippen molar-refractivity contribution in [2.24, 2.45) is 0 Å². The van der Waals surface area contributed by atoms with Crippen molar-refractivity contribution in [1.82, 2.24) is 4.98 Å². The second kappa shape index (κ2) is 5.53. The molecule has 0 bridgehead atoms. The molecule has 2 nitrogen and oxygen atoms in total. The molecule has 1 unspecified atom stereocenters. The van der Waals surface area contributed by atoms with Gasteiger partial charge in [-0.1, -0.05) is 19.4 Å². The van der Waals surface area contributed by atoms with Crippen molar-refractivity contribution in [3.8, 4) is 0 Å². The van der Waals surface area contributed by atoms with Gasteiger partial charge in [0.25, 0.3) is 0 Å². The summed E-state index contributed by atoms with van der Waals surface area (Å²) >= 11 is 6.16. The number of anilines is 1. The van der Waals surface area contributed by atoms with Crippen LogP contribution in [0.1, 0.15) is 37.4 Å². The van der Waals surface area contributed by atoms with E-state index in [1.807, 2.05) is 0 Å². The second-order valence-corrected chi connectivity index (χ2v) is 5.04. The molecule has 1 aliphatic rings. The highest BCUT2D eigenvalue weighted by molar-refractivity contribution is 6.20. The van der Waals surface area contributed by atoms with E-state index in [9.17, 15) is 0 Å². The lowest BCUT2D eigenvalue weighted by molar-refractivity contribution is 0.750. The Labute approximate surface area is 102 Å². The average Bonchev–Trinajstić information content (AvgIpc) is 2.74. The maximum atomic E-state index is 6.16. The number of hydrogen-bond donors (Lipinski definition) is 1. The van der Waals surface area contributed by atoms with Crippen molar-refractivity contribution in [2.45, 2.75) is 44.4 Å². The van der Waals surface area contributed by atoms with E-state index in [1.54, 1.807) is 0 Å². The Bertz CT molecular complexity index is 352. The molecule has 2 rings (SSSR count). The van der Waals surface area contributed by atoms with Crippen LogP contribution in [0.5, 0.6) is 0 Å². The lowest BCUT2D eigenvalue weighted by Gasteiger charge is -2.11. The van der Waals surface area contributed by atoms with E-state index in [1.165, 1.54) is 24.1 Å². The van der Waals surface area contributed by atoms with Crippen LogP contribution in [0.2, 0.25) is 0 Å². The number of nitrogens with one attached hydrogen (secondary N) is 1. The van der Waals surface area contributed by atoms with Gasteiger partial charge in [0.1, 0.15) is 5.82 Å². The number of alkyl halides is 1. The fourth-order valence-corrected chi connectivity index (χ4v) is 2.44. The van der Waals surface area contributed by atoms with Gasteiger partial charge in [-0.25, -0.2) is 4.98 Å². The molecular weight excluding hydrogens is 220 g/mol. The molecule has 0 fully saturated rings. The first kappa shape index (κ1) is 11.7. The molecule has 1 aromatic heterocycles. The third-order valence-corrected chi connectivity index (χ3v) is 3.41. The zero-order valence-corrected chi connectivity index (χ0v) is 10.6. The second-order valence-electron chi connectivity index (χ2n) is 4.42. The lowest BCUT2D eigenvalue weighted by atomic mass is 10.2. The number of hydrogen-bond acceptors (Lipinski definition) is 2. The number of pyridine rings is 1. The summed E-state index contributed by atoms with van der Waals surface area (Å²) in [5, 5.41) is 3.52. The highest BCUT2D eigenvalue weighted by atomic mass is 35.5. The first-order valence-corrected chi connectivity index (χ1v) is 6.60. The minimum atomic E-state index is 0.208. The fraction of sp³-hybridized carbons (Fsp3) is 0.615. The van der Waals surface area contributed by atoms with Gasteiger partial charge in [-0.3, -0.25) is 0 Å². The molecule has 0 radical (unpaired) electrons. The summed E-state index contributed by atoms with van der Waals surface area (Å²) in [7, 11) is 0. The Morgan fingerprint density at radius 3 is 3.12 bits per heavy atom. The summed E-state index contributed by atoms with van der Waals surface area (Å²) in [5.41, 5.74) is 2.69. The molecule has 1 aromatic rings. The third kappa shape index (κ3) is 2.88. The van der Waals surface area contributed by atoms with Crippen molar-refractivity contribution >= 4 is 17.4 Å². The smallest absolute Gasteiger partial charge is 0.126 e. The Kier molecular flexibility index (Phi) is 4.05. The van der Waals surface area contributed by atoms with E-state index in [-0.39, 0.29) is 5.38 Å². The summed E-state index contributed by atoms with van der Waals surface area (Å²) in [4.78, 5) is 4.62. The van der Waals surface area contributed by atoms with Gasteiger partial charge in [-0.2, -0.15) is 0 Å². The molecule has 0 saturated carbocycles. The molecule has 1 N–H and O–H groups in total. The van der Waals surface area contributed by atoms with Crippen molar-refractivity contribution in [3.63, 3.8) is 0 Å². The van der Waals surface area contributed by atoms with E-state index in [0.29, 0.717) is 0 Å². The van der Waals surface area contributed by atoms with Gasteiger partial charge < -0.3 is 5.32 Å². The highest BCUT2D eigenvalue weighted by Gasteiger charge is 2.12. The van der Waals surface area contributed by atoms with Gasteiger partial charge in [0.15, 0.2) is 0 Å². The number of nitrogens with zero attached hydrogens (tertiary/aromatic N) is 1. The molecule has 3 heteroatoms. The van der Waals surface area contributed by atoms with Gasteiger partial charge in [-0.15, -0.1) is 11.6 Å². The molecule has 0 spiro atoms. The third-order valence-electron chi connectivity index (χ3n) is 3.03. The minimum absolute atomic E-state index is 0.208. The number of halogens is 1. The maximum Gasteiger partial charge on any atom is 0.126 e. The van der Waals surface area contributed by atoms with E-state index in [2.05, 4.69) is 29.4 Å². The predicted molar refractivity (Wildman–Crippen MR) is 69.3 cm³/mol. The van der Waals surface area contributed by atoms with Gasteiger partial charge in [0.05, 0.1) is 5.38 Å². The Morgan fingerprint density at radius 2 is 2.31 bits per heavy atom. The summed E-state index contributed by atoms with van der Waals surface area (Å²) in [6, 6.07) is 4.26. The van der Waals surface area contributed by atoms with Crippen LogP contribution in [-0.2, 0) is 12.8 Å². The van der Waals surface area contributed by atoms with E-state index >= 15 is 0 Å². The van der Waals surface area contributed by atoms with Crippen LogP contribution in [-0.4, -0.2) is 16.9 Å². The quantitative estimate of drug-likeness (QED) is 0.796. The molecule has 0 saturated heterocycles. The first-order valence-electron chi connectivity index (χ1n) is 6.16. The van der Waals surface area contributed by atoms with Crippen LogP contribution in [0.3, 0.4) is 0 Å². The molecule has 88 valence electrons. The Hall–Kier alpha value is -0.760. The van der Waals surface area contributed by atoms with Crippen LogP contribution in [0.15, 0.2) is 12.1 Å². The van der Waals surface area contributed by atoms with Gasteiger partial charge in [0.2, 0.25) is 0 Å². The average molecular weight is 239 g/mol. The van der Waals surface area contributed by atoms with Gasteiger partial charge in [-0.05, 0) is 37.3 Å². The first-order chi connectivity index (χ1) is 7.79. The largest absolute Gasteiger partial charge is 0.369 e. The zero-order chi connectivity index (χ0) is 11.4. The highest BCUT2D eigenvalue weighted by Crippen LogP contribution is 2.21. The SMILES string of the molecule is CCCC(Cl)CNc1ccc2c(n1)CCC2. The minimum Gasteiger partial charge on any atom is -0.369 e. The van der Waals surface area contributed by atoms with Crippen molar-refractivity contribution in [1.29, 1.82) is 0 Å². The van der Waals surface area contributed by atoms with Gasteiger partial charge >= 0.3 is 0 Å². The van der Waals surface area contributed by atoms with Crippen LogP contribution < -0.4 is 5.32 Å². The number of fused-ring (bicyclic) bond motifs is 1. The molecule has 1 atom stereocenters. The Balaban J connectivity index is 1.90. The lowest BCUT2D eigenvalue weighted by Crippen LogP contribution is -2.14. The molecule has 1 aliphatic carbocycles. The topological polar surface area (TPSA) is 24.9 Å². The predicted octanol–water partition coefficient (Wildman–Crippen LogP) is 3.39. The summed E-state index contributed by atoms with van der Waals surface area (Å²) in [6.07, 6.45) is 5.76. The molecule has 0 amide bonds. The summed E-state index contributed by atoms with van der Waals surface area (Å²) in [6.45, 7) is 2.96. The van der Waals surface area contributed by atoms with Crippen molar-refractivity contribution in [2.75, 3.05) is 11.9 Å². The van der Waals surface area contributed by atoms with Crippen LogP contribution in [0.25, 0.3) is 0 Å². The zero-order valence-electron chi connectivity index (χ0n) is 9.80. The molecule has 1 heterocycles. The van der Waals surface area contributed by atoms with E-state index in [4.69, 9.17) is 11.6 Å². The van der Waals surface area contributed by atoms with Crippen molar-refractivity contribution < 1.29 is 0 Å². The monoisotopic (exact) mass is 238 g/mol. The number of rotatable bonds is 5. The maximum absolute atomic E-state index is 6.16. The normalized spacial score (nSPS) is 15.9. The number of aryl methyl sites for hydroxylation is 2. The molecular formula is C13H19ClN2. The van der Waals surface area contributed by atoms with Crippen LogP contribution >= 0.6 is 11.6 Å². The Morgan fingerprint density at radius 1 is 1.44 bits per heavy atom.